The van der Waals surface area contributed by atoms with Crippen LogP contribution in [0.3, 0.4) is 0 Å². The largest absolute Gasteiger partial charge is 0.395 e. The molecule has 0 unspecified atom stereocenters. The summed E-state index contributed by atoms with van der Waals surface area (Å²) < 4.78 is 33.1. The maximum atomic E-state index is 14.9. The average molecular weight is 610 g/mol. The van der Waals surface area contributed by atoms with Crippen LogP contribution < -0.4 is 16.4 Å². The lowest BCUT2D eigenvalue weighted by molar-refractivity contribution is -0.127. The minimum atomic E-state index is -1.23. The summed E-state index contributed by atoms with van der Waals surface area (Å²) in [4.78, 5) is 42.5. The number of amides is 3. The number of nitrogens with zero attached hydrogens (tertiary/aromatic N) is 2. The number of aromatic nitrogens is 1. The fourth-order valence-corrected chi connectivity index (χ4v) is 6.74. The Kier molecular flexibility index (Phi) is 10.0. The van der Waals surface area contributed by atoms with E-state index in [9.17, 15) is 23.2 Å². The number of hydrogen-bond acceptors (Lipinski definition) is 6. The highest BCUT2D eigenvalue weighted by Gasteiger charge is 2.36. The number of nitrogens with two attached hydrogens (primary N) is 1. The highest BCUT2D eigenvalue weighted by atomic mass is 32.1. The Morgan fingerprint density at radius 3 is 2.12 bits per heavy atom. The minimum absolute atomic E-state index is 0.0189. The SMILES string of the molecule is Nc1c(C(=O)NC2CCCCC2)nsc1C(=O)N(Cc1ccccc1F)[C@H](C(=O)NC1CCCCC1)c1ccc(F)cc1. The molecule has 2 fully saturated rings. The van der Waals surface area contributed by atoms with Gasteiger partial charge in [-0.1, -0.05) is 68.9 Å². The van der Waals surface area contributed by atoms with E-state index in [1.807, 2.05) is 0 Å². The lowest BCUT2D eigenvalue weighted by atomic mass is 9.94. The Morgan fingerprint density at radius 2 is 1.49 bits per heavy atom. The van der Waals surface area contributed by atoms with E-state index in [0.717, 1.165) is 75.7 Å². The molecule has 5 rings (SSSR count). The number of benzene rings is 2. The summed E-state index contributed by atoms with van der Waals surface area (Å²) in [6, 6.07) is 10.0. The standard InChI is InChI=1S/C32H37F2N5O3S/c33-22-17-15-20(16-18-22)28(31(41)37-24-12-5-2-6-13-24)39(19-21-9-7-8-14-25(21)34)32(42)29-26(35)27(38-43-29)30(40)36-23-10-3-1-4-11-23/h7-9,14-18,23-24,28H,1-6,10-13,19,35H2,(H,36,40)(H,37,41)/t28-/m0/s1. The zero-order valence-corrected chi connectivity index (χ0v) is 24.8. The van der Waals surface area contributed by atoms with Gasteiger partial charge < -0.3 is 21.3 Å². The maximum Gasteiger partial charge on any atom is 0.273 e. The second-order valence-electron chi connectivity index (χ2n) is 11.4. The molecule has 43 heavy (non-hydrogen) atoms. The van der Waals surface area contributed by atoms with E-state index >= 15 is 0 Å². The first-order valence-corrected chi connectivity index (χ1v) is 15.8. The van der Waals surface area contributed by atoms with Gasteiger partial charge in [0.1, 0.15) is 22.6 Å². The first-order chi connectivity index (χ1) is 20.8. The maximum absolute atomic E-state index is 14.9. The third-order valence-electron chi connectivity index (χ3n) is 8.33. The van der Waals surface area contributed by atoms with Crippen molar-refractivity contribution in [1.29, 1.82) is 0 Å². The molecule has 4 N–H and O–H groups in total. The molecule has 1 aromatic heterocycles. The van der Waals surface area contributed by atoms with Crippen molar-refractivity contribution in [2.45, 2.75) is 88.9 Å². The molecule has 3 aromatic rings. The van der Waals surface area contributed by atoms with Crippen LogP contribution in [0.4, 0.5) is 14.5 Å². The van der Waals surface area contributed by atoms with Gasteiger partial charge in [0.2, 0.25) is 5.91 Å². The molecule has 3 amide bonds. The van der Waals surface area contributed by atoms with Crippen LogP contribution in [0.25, 0.3) is 0 Å². The molecule has 0 radical (unpaired) electrons. The third-order valence-corrected chi connectivity index (χ3v) is 9.19. The predicted octanol–water partition coefficient (Wildman–Crippen LogP) is 5.90. The Balaban J connectivity index is 1.50. The Bertz CT molecular complexity index is 1440. The zero-order valence-electron chi connectivity index (χ0n) is 24.0. The summed E-state index contributed by atoms with van der Waals surface area (Å²) in [6.07, 6.45) is 9.59. The summed E-state index contributed by atoms with van der Waals surface area (Å²) in [5, 5.41) is 6.05. The van der Waals surface area contributed by atoms with E-state index in [1.165, 1.54) is 47.4 Å². The molecule has 0 bridgehead atoms. The van der Waals surface area contributed by atoms with Gasteiger partial charge in [-0.2, -0.15) is 4.37 Å². The monoisotopic (exact) mass is 609 g/mol. The van der Waals surface area contributed by atoms with Gasteiger partial charge in [-0.15, -0.1) is 0 Å². The van der Waals surface area contributed by atoms with Gasteiger partial charge in [0.25, 0.3) is 11.8 Å². The second kappa shape index (κ2) is 14.1. The Labute approximate surface area is 254 Å². The van der Waals surface area contributed by atoms with Crippen LogP contribution in [0.1, 0.15) is 102 Å². The number of rotatable bonds is 9. The van der Waals surface area contributed by atoms with E-state index in [1.54, 1.807) is 6.07 Å². The molecule has 0 saturated heterocycles. The summed E-state index contributed by atoms with van der Waals surface area (Å²) in [6.45, 7) is -0.271. The number of carbonyl (C=O) groups excluding carboxylic acids is 3. The van der Waals surface area contributed by atoms with Crippen molar-refractivity contribution in [3.63, 3.8) is 0 Å². The van der Waals surface area contributed by atoms with E-state index in [-0.39, 0.29) is 40.5 Å². The van der Waals surface area contributed by atoms with Crippen molar-refractivity contribution in [3.05, 3.63) is 81.9 Å². The van der Waals surface area contributed by atoms with Crippen LogP contribution in [-0.4, -0.2) is 39.1 Å². The molecule has 1 atom stereocenters. The van der Waals surface area contributed by atoms with Crippen LogP contribution in [0.2, 0.25) is 0 Å². The summed E-state index contributed by atoms with van der Waals surface area (Å²) in [7, 11) is 0. The summed E-state index contributed by atoms with van der Waals surface area (Å²) >= 11 is 0.768. The molecule has 1 heterocycles. The fourth-order valence-electron chi connectivity index (χ4n) is 5.98. The lowest BCUT2D eigenvalue weighted by Crippen LogP contribution is -2.47. The molecule has 2 aliphatic carbocycles. The molecule has 0 spiro atoms. The van der Waals surface area contributed by atoms with Crippen LogP contribution in [0, 0.1) is 11.6 Å². The normalized spacial score (nSPS) is 16.8. The first-order valence-electron chi connectivity index (χ1n) is 15.0. The number of halogens is 2. The van der Waals surface area contributed by atoms with Gasteiger partial charge in [-0.05, 0) is 61.0 Å². The van der Waals surface area contributed by atoms with Crippen molar-refractivity contribution in [2.24, 2.45) is 0 Å². The topological polar surface area (TPSA) is 117 Å². The molecule has 228 valence electrons. The quantitative estimate of drug-likeness (QED) is 0.279. The molecular formula is C32H37F2N5O3S. The van der Waals surface area contributed by atoms with Crippen LogP contribution in [-0.2, 0) is 11.3 Å². The van der Waals surface area contributed by atoms with Gasteiger partial charge in [-0.3, -0.25) is 14.4 Å². The smallest absolute Gasteiger partial charge is 0.273 e. The highest BCUT2D eigenvalue weighted by molar-refractivity contribution is 7.09. The van der Waals surface area contributed by atoms with E-state index < -0.39 is 35.4 Å². The highest BCUT2D eigenvalue weighted by Crippen LogP contribution is 2.32. The minimum Gasteiger partial charge on any atom is -0.395 e. The summed E-state index contributed by atoms with van der Waals surface area (Å²) in [5.41, 5.74) is 6.78. The van der Waals surface area contributed by atoms with Gasteiger partial charge >= 0.3 is 0 Å². The molecule has 2 saturated carbocycles. The molecule has 0 aliphatic heterocycles. The van der Waals surface area contributed by atoms with E-state index in [0.29, 0.717) is 5.56 Å². The Morgan fingerprint density at radius 1 is 0.884 bits per heavy atom. The number of nitrogen functional groups attached to an aromatic ring is 1. The number of anilines is 1. The molecule has 2 aromatic carbocycles. The molecular weight excluding hydrogens is 572 g/mol. The second-order valence-corrected chi connectivity index (χ2v) is 12.2. The predicted molar refractivity (Wildman–Crippen MR) is 161 cm³/mol. The number of nitrogens with one attached hydrogen (secondary N) is 2. The number of hydrogen-bond donors (Lipinski definition) is 3. The number of carbonyl (C=O) groups is 3. The lowest BCUT2D eigenvalue weighted by Gasteiger charge is -2.33. The third kappa shape index (κ3) is 7.38. The zero-order chi connectivity index (χ0) is 30.3. The van der Waals surface area contributed by atoms with Crippen molar-refractivity contribution in [1.82, 2.24) is 19.9 Å². The molecule has 8 nitrogen and oxygen atoms in total. The van der Waals surface area contributed by atoms with Crippen molar-refractivity contribution in [2.75, 3.05) is 5.73 Å². The van der Waals surface area contributed by atoms with Crippen molar-refractivity contribution < 1.29 is 23.2 Å². The van der Waals surface area contributed by atoms with Gasteiger partial charge in [0, 0.05) is 17.6 Å². The molecule has 11 heteroatoms. The average Bonchev–Trinajstić information content (AvgIpc) is 3.40. The fraction of sp³-hybridized carbons (Fsp3) is 0.438. The van der Waals surface area contributed by atoms with Gasteiger partial charge in [0.05, 0.1) is 12.2 Å². The molecule has 2 aliphatic rings. The van der Waals surface area contributed by atoms with Crippen LogP contribution in [0.5, 0.6) is 0 Å². The Hall–Kier alpha value is -3.86. The van der Waals surface area contributed by atoms with E-state index in [2.05, 4.69) is 15.0 Å². The van der Waals surface area contributed by atoms with Crippen molar-refractivity contribution in [3.8, 4) is 0 Å². The van der Waals surface area contributed by atoms with Gasteiger partial charge in [0.15, 0.2) is 5.69 Å². The summed E-state index contributed by atoms with van der Waals surface area (Å²) in [5.74, 6) is -2.63. The van der Waals surface area contributed by atoms with Gasteiger partial charge in [-0.25, -0.2) is 8.78 Å². The van der Waals surface area contributed by atoms with E-state index in [4.69, 9.17) is 5.73 Å². The van der Waals surface area contributed by atoms with Crippen LogP contribution >= 0.6 is 11.5 Å². The van der Waals surface area contributed by atoms with Crippen LogP contribution in [0.15, 0.2) is 48.5 Å². The van der Waals surface area contributed by atoms with Crippen molar-refractivity contribution >= 4 is 34.9 Å². The first kappa shape index (κ1) is 30.6.